The van der Waals surface area contributed by atoms with Crippen LogP contribution >= 0.6 is 0 Å². The Kier molecular flexibility index (Phi) is 4.45. The molecule has 0 spiro atoms. The van der Waals surface area contributed by atoms with Gasteiger partial charge in [-0.2, -0.15) is 5.10 Å². The number of hydrogen-bond donors (Lipinski definition) is 4. The highest BCUT2D eigenvalue weighted by Crippen LogP contribution is 2.25. The quantitative estimate of drug-likeness (QED) is 0.166. The van der Waals surface area contributed by atoms with E-state index in [1.165, 1.54) is 11.1 Å². The fraction of sp³-hybridized carbons (Fsp3) is 0.200. The first-order valence-corrected chi connectivity index (χ1v) is 7.61. The van der Waals surface area contributed by atoms with Crippen molar-refractivity contribution in [2.45, 2.75) is 13.8 Å². The van der Waals surface area contributed by atoms with Crippen LogP contribution in [0.25, 0.3) is 10.9 Å². The fourth-order valence-corrected chi connectivity index (χ4v) is 2.66. The second kappa shape index (κ2) is 6.72. The second-order valence-electron chi connectivity index (χ2n) is 5.60. The number of fused-ring (bicyclic) bond motifs is 1. The molecule has 1 aromatic carbocycles. The zero-order valence-corrected chi connectivity index (χ0v) is 14.2. The molecule has 0 bridgehead atoms. The van der Waals surface area contributed by atoms with E-state index < -0.39 is 0 Å². The van der Waals surface area contributed by atoms with Gasteiger partial charge in [0.1, 0.15) is 22.7 Å². The monoisotopic (exact) mass is 358 g/mol. The number of nitrogens with one attached hydrogen (secondary N) is 1. The molecule has 0 aliphatic carbocycles. The molecule has 2 heterocycles. The van der Waals surface area contributed by atoms with Gasteiger partial charge in [-0.05, 0) is 32.0 Å². The SMILES string of the molecule is Cc1noc(C)c1C(=O)N(C/C(N)=N/NN)c1ccc2c(cnn2O)c1. The zero-order valence-electron chi connectivity index (χ0n) is 14.2. The number of aromatic nitrogens is 3. The number of hydrazone groups is 1. The lowest BCUT2D eigenvalue weighted by Gasteiger charge is -2.22. The van der Waals surface area contributed by atoms with Crippen LogP contribution in [0, 0.1) is 13.8 Å². The molecule has 0 aliphatic heterocycles. The van der Waals surface area contributed by atoms with Crippen molar-refractivity contribution < 1.29 is 14.5 Å². The lowest BCUT2D eigenvalue weighted by atomic mass is 10.1. The first-order valence-electron chi connectivity index (χ1n) is 7.61. The Morgan fingerprint density at radius 1 is 1.46 bits per heavy atom. The van der Waals surface area contributed by atoms with E-state index in [0.717, 1.165) is 4.85 Å². The molecule has 11 nitrogen and oxygen atoms in total. The third kappa shape index (κ3) is 3.02. The molecular formula is C15H18N8O3. The predicted octanol–water partition coefficient (Wildman–Crippen LogP) is 0.261. The molecule has 11 heteroatoms. The van der Waals surface area contributed by atoms with Crippen LogP contribution in [0.3, 0.4) is 0 Å². The summed E-state index contributed by atoms with van der Waals surface area (Å²) in [4.78, 5) is 15.3. The Labute approximate surface area is 147 Å². The number of benzene rings is 1. The Morgan fingerprint density at radius 3 is 2.88 bits per heavy atom. The van der Waals surface area contributed by atoms with Gasteiger partial charge >= 0.3 is 0 Å². The highest BCUT2D eigenvalue weighted by molar-refractivity contribution is 6.10. The molecule has 0 fully saturated rings. The fourth-order valence-electron chi connectivity index (χ4n) is 2.66. The molecule has 3 aromatic rings. The van der Waals surface area contributed by atoms with Crippen LogP contribution in [0.4, 0.5) is 5.69 Å². The number of anilines is 1. The van der Waals surface area contributed by atoms with Crippen molar-refractivity contribution in [1.82, 2.24) is 20.6 Å². The van der Waals surface area contributed by atoms with Crippen molar-refractivity contribution in [3.63, 3.8) is 0 Å². The lowest BCUT2D eigenvalue weighted by molar-refractivity contribution is 0.0988. The average Bonchev–Trinajstić information content (AvgIpc) is 3.14. The van der Waals surface area contributed by atoms with E-state index in [2.05, 4.69) is 20.9 Å². The molecule has 0 saturated carbocycles. The molecule has 0 radical (unpaired) electrons. The van der Waals surface area contributed by atoms with Gasteiger partial charge in [0.25, 0.3) is 5.91 Å². The van der Waals surface area contributed by atoms with E-state index in [1.807, 2.05) is 0 Å². The number of nitrogens with zero attached hydrogens (tertiary/aromatic N) is 5. The summed E-state index contributed by atoms with van der Waals surface area (Å²) in [5.41, 5.74) is 9.77. The Balaban J connectivity index is 2.07. The van der Waals surface area contributed by atoms with E-state index in [1.54, 1.807) is 32.0 Å². The molecule has 3 rings (SSSR count). The number of hydrazine groups is 1. The highest BCUT2D eigenvalue weighted by Gasteiger charge is 2.26. The minimum absolute atomic E-state index is 0.0220. The molecule has 0 aliphatic rings. The number of amidine groups is 1. The van der Waals surface area contributed by atoms with Gasteiger partial charge < -0.3 is 20.4 Å². The molecule has 1 amide bonds. The van der Waals surface area contributed by atoms with Crippen LogP contribution < -0.4 is 22.0 Å². The summed E-state index contributed by atoms with van der Waals surface area (Å²) in [5, 5.41) is 21.6. The number of carbonyl (C=O) groups is 1. The van der Waals surface area contributed by atoms with Gasteiger partial charge in [-0.15, -0.1) is 9.94 Å². The summed E-state index contributed by atoms with van der Waals surface area (Å²) in [6.45, 7) is 3.31. The highest BCUT2D eigenvalue weighted by atomic mass is 16.5. The third-order valence-electron chi connectivity index (χ3n) is 3.87. The van der Waals surface area contributed by atoms with Crippen LogP contribution in [0.5, 0.6) is 0 Å². The minimum atomic E-state index is -0.354. The largest absolute Gasteiger partial charge is 0.411 e. The smallest absolute Gasteiger partial charge is 0.264 e. The van der Waals surface area contributed by atoms with Crippen LogP contribution in [0.15, 0.2) is 34.0 Å². The third-order valence-corrected chi connectivity index (χ3v) is 3.87. The van der Waals surface area contributed by atoms with Gasteiger partial charge in [0, 0.05) is 11.1 Å². The summed E-state index contributed by atoms with van der Waals surface area (Å²) in [7, 11) is 0. The minimum Gasteiger partial charge on any atom is -0.411 e. The number of aryl methyl sites for hydroxylation is 2. The van der Waals surface area contributed by atoms with Gasteiger partial charge in [-0.25, -0.2) is 11.4 Å². The number of carbonyl (C=O) groups excluding carboxylic acids is 1. The van der Waals surface area contributed by atoms with Gasteiger partial charge in [0.15, 0.2) is 0 Å². The van der Waals surface area contributed by atoms with Crippen molar-refractivity contribution in [2.24, 2.45) is 16.7 Å². The van der Waals surface area contributed by atoms with E-state index >= 15 is 0 Å². The Bertz CT molecular complexity index is 971. The number of nitrogens with two attached hydrogens (primary N) is 2. The summed E-state index contributed by atoms with van der Waals surface area (Å²) in [6.07, 6.45) is 1.48. The zero-order chi connectivity index (χ0) is 18.8. The van der Waals surface area contributed by atoms with E-state index in [-0.39, 0.29) is 18.3 Å². The summed E-state index contributed by atoms with van der Waals surface area (Å²) in [6, 6.07) is 5.00. The van der Waals surface area contributed by atoms with Gasteiger partial charge in [-0.1, -0.05) is 5.16 Å². The number of rotatable bonds is 5. The topological polar surface area (TPSA) is 161 Å². The molecular weight excluding hydrogens is 340 g/mol. The molecule has 26 heavy (non-hydrogen) atoms. The van der Waals surface area contributed by atoms with E-state index in [0.29, 0.717) is 33.6 Å². The standard InChI is InChI=1S/C15H18N8O3/c1-8-14(9(2)26-20-8)15(24)22(7-13(16)19-21-17)11-3-4-12-10(5-11)6-18-23(12)25/h3-6,21,25H,7,17H2,1-2H3,(H2,16,19). The summed E-state index contributed by atoms with van der Waals surface area (Å²) in [5.74, 6) is 5.30. The van der Waals surface area contributed by atoms with Crippen molar-refractivity contribution in [1.29, 1.82) is 0 Å². The van der Waals surface area contributed by atoms with Gasteiger partial charge in [0.05, 0.1) is 18.4 Å². The first-order chi connectivity index (χ1) is 12.4. The average molecular weight is 358 g/mol. The normalized spacial score (nSPS) is 11.7. The van der Waals surface area contributed by atoms with Crippen molar-refractivity contribution >= 4 is 28.3 Å². The molecule has 0 atom stereocenters. The van der Waals surface area contributed by atoms with Crippen molar-refractivity contribution in [3.05, 3.63) is 41.4 Å². The maximum atomic E-state index is 13.1. The summed E-state index contributed by atoms with van der Waals surface area (Å²) < 4.78 is 5.09. The Morgan fingerprint density at radius 2 is 2.23 bits per heavy atom. The predicted molar refractivity (Wildman–Crippen MR) is 93.5 cm³/mol. The van der Waals surface area contributed by atoms with Crippen molar-refractivity contribution in [3.8, 4) is 0 Å². The second-order valence-corrected chi connectivity index (χ2v) is 5.60. The van der Waals surface area contributed by atoms with Gasteiger partial charge in [0.2, 0.25) is 0 Å². The van der Waals surface area contributed by atoms with Crippen LogP contribution in [0.2, 0.25) is 0 Å². The first kappa shape index (κ1) is 17.2. The molecule has 136 valence electrons. The molecule has 0 saturated heterocycles. The van der Waals surface area contributed by atoms with E-state index in [4.69, 9.17) is 16.1 Å². The van der Waals surface area contributed by atoms with E-state index in [9.17, 15) is 10.0 Å². The molecule has 6 N–H and O–H groups in total. The maximum Gasteiger partial charge on any atom is 0.264 e. The Hall–Kier alpha value is -3.60. The van der Waals surface area contributed by atoms with Crippen LogP contribution in [-0.4, -0.2) is 38.6 Å². The number of hydrogen-bond acceptors (Lipinski definition) is 8. The van der Waals surface area contributed by atoms with Crippen LogP contribution in [-0.2, 0) is 0 Å². The maximum absolute atomic E-state index is 13.1. The number of amides is 1. The van der Waals surface area contributed by atoms with Crippen molar-refractivity contribution in [2.75, 3.05) is 11.4 Å². The lowest BCUT2D eigenvalue weighted by Crippen LogP contribution is -2.40. The molecule has 2 aromatic heterocycles. The van der Waals surface area contributed by atoms with Gasteiger partial charge in [-0.3, -0.25) is 4.79 Å². The summed E-state index contributed by atoms with van der Waals surface area (Å²) >= 11 is 0. The molecule has 0 unspecified atom stereocenters. The van der Waals surface area contributed by atoms with Crippen LogP contribution in [0.1, 0.15) is 21.8 Å².